The van der Waals surface area contributed by atoms with E-state index in [-0.39, 0.29) is 0 Å². The van der Waals surface area contributed by atoms with Crippen molar-refractivity contribution in [1.29, 1.82) is 0 Å². The maximum atomic E-state index is 2.41. The van der Waals surface area contributed by atoms with Crippen molar-refractivity contribution >= 4 is 14.8 Å². The molecule has 0 nitrogen and oxygen atoms in total. The predicted molar refractivity (Wildman–Crippen MR) is 48.8 cm³/mol. The molecule has 0 rings (SSSR count). The van der Waals surface area contributed by atoms with Crippen molar-refractivity contribution in [3.63, 3.8) is 0 Å². The van der Waals surface area contributed by atoms with Crippen molar-refractivity contribution in [1.82, 2.24) is 0 Å². The highest BCUT2D eigenvalue weighted by atomic mass is 28.3. The van der Waals surface area contributed by atoms with E-state index in [4.69, 9.17) is 0 Å². The Morgan fingerprint density at radius 1 is 1.11 bits per heavy atom. The monoisotopic (exact) mass is 141 g/mol. The molecule has 0 unspecified atom stereocenters. The molecule has 0 aliphatic heterocycles. The van der Waals surface area contributed by atoms with Gasteiger partial charge in [-0.2, -0.15) is 0 Å². The van der Waals surface area contributed by atoms with Crippen LogP contribution in [0.25, 0.3) is 0 Å². The van der Waals surface area contributed by atoms with Gasteiger partial charge in [0.15, 0.2) is 0 Å². The van der Waals surface area contributed by atoms with Gasteiger partial charge in [-0.15, -0.1) is 0 Å². The molecule has 0 amide bonds. The molecular weight excluding hydrogens is 123 g/mol. The van der Waals surface area contributed by atoms with Crippen LogP contribution in [0.3, 0.4) is 0 Å². The third kappa shape index (κ3) is 2.17. The Balaban J connectivity index is 4.14. The summed E-state index contributed by atoms with van der Waals surface area (Å²) in [6.45, 7) is 16.4. The minimum atomic E-state index is -1.00. The highest BCUT2D eigenvalue weighted by Crippen LogP contribution is 2.34. The van der Waals surface area contributed by atoms with E-state index in [0.717, 1.165) is 0 Å². The quantitative estimate of drug-likeness (QED) is 0.492. The van der Waals surface area contributed by atoms with Crippen LogP contribution in [0.2, 0.25) is 25.0 Å². The normalized spacial score (nSPS) is 13.6. The Labute approximate surface area is 61.2 Å². The van der Waals surface area contributed by atoms with Gasteiger partial charge >= 0.3 is 0 Å². The molecule has 0 aromatic rings. The van der Waals surface area contributed by atoms with E-state index in [9.17, 15) is 0 Å². The summed E-state index contributed by atoms with van der Waals surface area (Å²) in [4.78, 5) is 0. The number of rotatable bonds is 1. The predicted octanol–water partition coefficient (Wildman–Crippen LogP) is 2.74. The topological polar surface area (TPSA) is 0 Å². The van der Waals surface area contributed by atoms with E-state index < -0.39 is 7.94 Å². The summed E-state index contributed by atoms with van der Waals surface area (Å²) in [6, 6.07) is 0. The molecule has 0 bridgehead atoms. The molecule has 0 fully saturated rings. The fraction of sp³-hybridized carbons (Fsp3) is 1.00. The van der Waals surface area contributed by atoms with Gasteiger partial charge in [0.25, 0.3) is 0 Å². The van der Waals surface area contributed by atoms with Gasteiger partial charge in [0.2, 0.25) is 0 Å². The Morgan fingerprint density at radius 3 is 1.44 bits per heavy atom. The molecule has 0 saturated heterocycles. The zero-order chi connectivity index (χ0) is 7.71. The lowest BCUT2D eigenvalue weighted by molar-refractivity contribution is 0.734. The van der Waals surface area contributed by atoms with Crippen LogP contribution in [0.4, 0.5) is 0 Å². The summed E-state index contributed by atoms with van der Waals surface area (Å²) in [6.07, 6.45) is 0. The molecule has 9 heavy (non-hydrogen) atoms. The fourth-order valence-electron chi connectivity index (χ4n) is 0.433. The van der Waals surface area contributed by atoms with Gasteiger partial charge in [-0.25, -0.2) is 0 Å². The second-order valence-corrected chi connectivity index (χ2v) is 9.78. The average molecular weight is 141 g/mol. The molecule has 0 heterocycles. The Kier molecular flexibility index (Phi) is 2.57. The van der Waals surface area contributed by atoms with Crippen LogP contribution in [-0.2, 0) is 0 Å². The van der Waals surface area contributed by atoms with Crippen LogP contribution in [0.15, 0.2) is 0 Å². The zero-order valence-electron chi connectivity index (χ0n) is 7.58. The molecular formula is C7H18BSi. The second-order valence-electron chi connectivity index (χ2n) is 4.26. The minimum Gasteiger partial charge on any atom is -0.0941 e. The molecule has 0 aliphatic carbocycles. The average Bonchev–Trinajstić information content (AvgIpc) is 1.64. The number of hydrogen-bond acceptors (Lipinski definition) is 0. The standard InChI is InChI=1S/C7H18BSi/c1-7(2,3)9(5,6)8-4/h1-6H3. The number of hydrogen-bond donors (Lipinski definition) is 0. The zero-order valence-corrected chi connectivity index (χ0v) is 8.58. The molecule has 0 aromatic carbocycles. The highest BCUT2D eigenvalue weighted by molar-refractivity contribution is 7.24. The molecule has 0 spiro atoms. The highest BCUT2D eigenvalue weighted by Gasteiger charge is 2.32. The third-order valence-electron chi connectivity index (χ3n) is 2.65. The molecule has 0 aliphatic rings. The van der Waals surface area contributed by atoms with Gasteiger partial charge in [-0.3, -0.25) is 0 Å². The smallest absolute Gasteiger partial charge is 0.0941 e. The van der Waals surface area contributed by atoms with E-state index in [1.54, 1.807) is 0 Å². The molecule has 1 radical (unpaired) electrons. The van der Waals surface area contributed by atoms with E-state index in [2.05, 4.69) is 47.6 Å². The van der Waals surface area contributed by atoms with E-state index in [0.29, 0.717) is 5.04 Å². The summed E-state index contributed by atoms with van der Waals surface area (Å²) in [5, 5.41) is 0.530. The van der Waals surface area contributed by atoms with Gasteiger partial charge in [0.05, 0.1) is 6.87 Å². The first-order chi connectivity index (χ1) is 3.81. The van der Waals surface area contributed by atoms with Gasteiger partial charge in [-0.1, -0.05) is 40.7 Å². The van der Waals surface area contributed by atoms with Crippen molar-refractivity contribution in [2.45, 2.75) is 45.7 Å². The summed E-state index contributed by atoms with van der Waals surface area (Å²) < 4.78 is 0. The largest absolute Gasteiger partial charge is 0.0995 e. The van der Waals surface area contributed by atoms with Gasteiger partial charge in [0, 0.05) is 7.94 Å². The summed E-state index contributed by atoms with van der Waals surface area (Å²) in [5.41, 5.74) is 0. The van der Waals surface area contributed by atoms with Crippen LogP contribution in [-0.4, -0.2) is 14.8 Å². The minimum absolute atomic E-state index is 0.530. The third-order valence-corrected chi connectivity index (χ3v) is 7.96. The lowest BCUT2D eigenvalue weighted by Gasteiger charge is -2.36. The molecule has 2 heteroatoms. The molecule has 0 N–H and O–H groups in total. The maximum Gasteiger partial charge on any atom is 0.0995 e. The van der Waals surface area contributed by atoms with Crippen molar-refractivity contribution in [2.24, 2.45) is 0 Å². The van der Waals surface area contributed by atoms with Crippen molar-refractivity contribution in [3.05, 3.63) is 0 Å². The first kappa shape index (κ1) is 9.28. The maximum absolute atomic E-state index is 2.41. The lowest BCUT2D eigenvalue weighted by Crippen LogP contribution is -2.42. The van der Waals surface area contributed by atoms with Crippen LogP contribution in [0, 0.1) is 0 Å². The SMILES string of the molecule is C[B][Si](C)(C)C(C)(C)C. The summed E-state index contributed by atoms with van der Waals surface area (Å²) in [7, 11) is -1.00. The van der Waals surface area contributed by atoms with E-state index >= 15 is 0 Å². The van der Waals surface area contributed by atoms with Crippen LogP contribution in [0.1, 0.15) is 20.8 Å². The van der Waals surface area contributed by atoms with E-state index in [1.807, 2.05) is 0 Å². The Hall–Kier alpha value is 0.282. The lowest BCUT2D eigenvalue weighted by atomic mass is 10.2. The summed E-state index contributed by atoms with van der Waals surface area (Å²) >= 11 is 0. The fourth-order valence-corrected chi connectivity index (χ4v) is 1.30. The Bertz CT molecular complexity index is 91.6. The van der Waals surface area contributed by atoms with E-state index in [1.165, 1.54) is 0 Å². The van der Waals surface area contributed by atoms with Crippen LogP contribution >= 0.6 is 0 Å². The van der Waals surface area contributed by atoms with Crippen LogP contribution < -0.4 is 0 Å². The molecule has 0 atom stereocenters. The molecule has 53 valence electrons. The first-order valence-electron chi connectivity index (χ1n) is 3.62. The van der Waals surface area contributed by atoms with Crippen molar-refractivity contribution in [2.75, 3.05) is 0 Å². The van der Waals surface area contributed by atoms with Crippen LogP contribution in [0.5, 0.6) is 0 Å². The molecule has 0 saturated carbocycles. The van der Waals surface area contributed by atoms with Gasteiger partial charge in [-0.05, 0) is 5.04 Å². The van der Waals surface area contributed by atoms with Crippen molar-refractivity contribution in [3.8, 4) is 0 Å². The van der Waals surface area contributed by atoms with Gasteiger partial charge < -0.3 is 0 Å². The van der Waals surface area contributed by atoms with Crippen molar-refractivity contribution < 1.29 is 0 Å². The molecule has 0 aromatic heterocycles. The first-order valence-corrected chi connectivity index (χ1v) is 6.69. The summed E-state index contributed by atoms with van der Waals surface area (Å²) in [5.74, 6) is 0. The Morgan fingerprint density at radius 2 is 1.44 bits per heavy atom. The second kappa shape index (κ2) is 2.49. The van der Waals surface area contributed by atoms with Gasteiger partial charge in [0.1, 0.15) is 0 Å².